The molecule has 2 nitrogen and oxygen atoms in total. The number of hydrogen-bond acceptors (Lipinski definition) is 2. The van der Waals surface area contributed by atoms with Gasteiger partial charge < -0.3 is 0 Å². The fourth-order valence-electron chi connectivity index (χ4n) is 3.90. The first-order valence-electron chi connectivity index (χ1n) is 8.27. The van der Waals surface area contributed by atoms with Gasteiger partial charge in [0.15, 0.2) is 0 Å². The molecule has 0 radical (unpaired) electrons. The highest BCUT2D eigenvalue weighted by Crippen LogP contribution is 2.40. The molecular weight excluding hydrogens is 232 g/mol. The van der Waals surface area contributed by atoms with Crippen LogP contribution in [0, 0.1) is 17.3 Å². The zero-order valence-electron chi connectivity index (χ0n) is 13.9. The summed E-state index contributed by atoms with van der Waals surface area (Å²) in [6.07, 6.45) is 2.81. The van der Waals surface area contributed by atoms with Crippen LogP contribution in [-0.4, -0.2) is 48.1 Å². The molecule has 0 bridgehead atoms. The van der Waals surface area contributed by atoms with Gasteiger partial charge in [-0.25, -0.2) is 0 Å². The molecule has 2 fully saturated rings. The Labute approximate surface area is 120 Å². The number of hydrogen-bond donors (Lipinski definition) is 0. The first kappa shape index (κ1) is 15.3. The van der Waals surface area contributed by atoms with Gasteiger partial charge in [-0.1, -0.05) is 27.7 Å². The summed E-state index contributed by atoms with van der Waals surface area (Å²) in [5.74, 6) is 1.76. The predicted molar refractivity (Wildman–Crippen MR) is 83.4 cm³/mol. The summed E-state index contributed by atoms with van der Waals surface area (Å²) >= 11 is 0. The summed E-state index contributed by atoms with van der Waals surface area (Å²) in [6, 6.07) is 1.56. The van der Waals surface area contributed by atoms with Crippen molar-refractivity contribution < 1.29 is 0 Å². The molecule has 0 aromatic carbocycles. The second-order valence-corrected chi connectivity index (χ2v) is 8.28. The van der Waals surface area contributed by atoms with E-state index >= 15 is 0 Å². The largest absolute Gasteiger partial charge is 0.298 e. The quantitative estimate of drug-likeness (QED) is 0.769. The Balaban J connectivity index is 1.85. The molecule has 0 aromatic rings. The maximum Gasteiger partial charge on any atom is 0.0350 e. The monoisotopic (exact) mass is 266 g/mol. The van der Waals surface area contributed by atoms with Gasteiger partial charge in [-0.05, 0) is 50.5 Å². The van der Waals surface area contributed by atoms with E-state index < -0.39 is 0 Å². The third-order valence-corrected chi connectivity index (χ3v) is 5.37. The smallest absolute Gasteiger partial charge is 0.0350 e. The number of piperidine rings is 1. The Morgan fingerprint density at radius 3 is 2.21 bits per heavy atom. The Kier molecular flexibility index (Phi) is 4.62. The van der Waals surface area contributed by atoms with Crippen LogP contribution in [0.1, 0.15) is 54.4 Å². The normalized spacial score (nSPS) is 30.0. The summed E-state index contributed by atoms with van der Waals surface area (Å²) in [5.41, 5.74) is 0.501. The molecule has 2 aliphatic rings. The van der Waals surface area contributed by atoms with Crippen molar-refractivity contribution in [1.82, 2.24) is 9.80 Å². The highest BCUT2D eigenvalue weighted by Gasteiger charge is 2.41. The van der Waals surface area contributed by atoms with E-state index in [0.29, 0.717) is 5.41 Å². The summed E-state index contributed by atoms with van der Waals surface area (Å²) in [6.45, 7) is 19.6. The fraction of sp³-hybridized carbons (Fsp3) is 1.00. The molecule has 2 heteroatoms. The van der Waals surface area contributed by atoms with E-state index in [2.05, 4.69) is 51.3 Å². The highest BCUT2D eigenvalue weighted by atomic mass is 15.3. The van der Waals surface area contributed by atoms with Crippen LogP contribution >= 0.6 is 0 Å². The Morgan fingerprint density at radius 1 is 1.11 bits per heavy atom. The summed E-state index contributed by atoms with van der Waals surface area (Å²) < 4.78 is 0. The molecule has 1 unspecified atom stereocenters. The average molecular weight is 266 g/mol. The Bertz CT molecular complexity index is 290. The van der Waals surface area contributed by atoms with Crippen molar-refractivity contribution in [3.05, 3.63) is 0 Å². The topological polar surface area (TPSA) is 6.48 Å². The van der Waals surface area contributed by atoms with Crippen molar-refractivity contribution >= 4 is 0 Å². The molecule has 0 amide bonds. The molecule has 0 spiro atoms. The first-order chi connectivity index (χ1) is 8.79. The maximum atomic E-state index is 2.77. The van der Waals surface area contributed by atoms with Gasteiger partial charge in [-0.15, -0.1) is 0 Å². The van der Waals surface area contributed by atoms with Gasteiger partial charge in [0.25, 0.3) is 0 Å². The molecule has 1 atom stereocenters. The molecule has 0 N–H and O–H groups in total. The molecule has 2 saturated heterocycles. The summed E-state index contributed by atoms with van der Waals surface area (Å²) in [5, 5.41) is 0. The molecule has 19 heavy (non-hydrogen) atoms. The van der Waals surface area contributed by atoms with Gasteiger partial charge >= 0.3 is 0 Å². The lowest BCUT2D eigenvalue weighted by Gasteiger charge is -2.53. The van der Waals surface area contributed by atoms with Gasteiger partial charge in [0, 0.05) is 31.7 Å². The summed E-state index contributed by atoms with van der Waals surface area (Å²) in [7, 11) is 0. The predicted octanol–water partition coefficient (Wildman–Crippen LogP) is 3.47. The third kappa shape index (κ3) is 3.52. The molecule has 0 aromatic heterocycles. The van der Waals surface area contributed by atoms with Gasteiger partial charge in [-0.2, -0.15) is 0 Å². The van der Waals surface area contributed by atoms with Gasteiger partial charge in [0.1, 0.15) is 0 Å². The zero-order valence-corrected chi connectivity index (χ0v) is 13.9. The average Bonchev–Trinajstić information content (AvgIpc) is 2.18. The lowest BCUT2D eigenvalue weighted by atomic mass is 9.70. The molecule has 0 aliphatic carbocycles. The lowest BCUT2D eigenvalue weighted by molar-refractivity contribution is -0.0436. The Morgan fingerprint density at radius 2 is 1.74 bits per heavy atom. The van der Waals surface area contributed by atoms with Crippen molar-refractivity contribution in [3.63, 3.8) is 0 Å². The van der Waals surface area contributed by atoms with Crippen LogP contribution in [0.3, 0.4) is 0 Å². The van der Waals surface area contributed by atoms with Crippen LogP contribution in [0.5, 0.6) is 0 Å². The number of likely N-dealkylation sites (tertiary alicyclic amines) is 2. The first-order valence-corrected chi connectivity index (χ1v) is 8.27. The van der Waals surface area contributed by atoms with Gasteiger partial charge in [-0.3, -0.25) is 9.80 Å². The number of rotatable bonds is 4. The van der Waals surface area contributed by atoms with Crippen LogP contribution < -0.4 is 0 Å². The van der Waals surface area contributed by atoms with Crippen LogP contribution in [0.2, 0.25) is 0 Å². The third-order valence-electron chi connectivity index (χ3n) is 5.37. The minimum atomic E-state index is 0.501. The van der Waals surface area contributed by atoms with Crippen LogP contribution in [0.15, 0.2) is 0 Å². The van der Waals surface area contributed by atoms with Crippen molar-refractivity contribution in [2.75, 3.05) is 26.2 Å². The van der Waals surface area contributed by atoms with Crippen LogP contribution in [-0.2, 0) is 0 Å². The van der Waals surface area contributed by atoms with Gasteiger partial charge in [0.05, 0.1) is 0 Å². The van der Waals surface area contributed by atoms with Crippen LogP contribution in [0.4, 0.5) is 0 Å². The second-order valence-electron chi connectivity index (χ2n) is 8.28. The minimum Gasteiger partial charge on any atom is -0.298 e. The zero-order chi connectivity index (χ0) is 14.2. The SMILES string of the molecule is CC(C)CC1CCN(C2CN(C(C)C)C2)CC1(C)C. The molecule has 0 saturated carbocycles. The minimum absolute atomic E-state index is 0.501. The highest BCUT2D eigenvalue weighted by molar-refractivity contribution is 4.95. The molecule has 112 valence electrons. The van der Waals surface area contributed by atoms with E-state index in [-0.39, 0.29) is 0 Å². The Hall–Kier alpha value is -0.0800. The van der Waals surface area contributed by atoms with Crippen molar-refractivity contribution in [2.24, 2.45) is 17.3 Å². The van der Waals surface area contributed by atoms with E-state index in [4.69, 9.17) is 0 Å². The fourth-order valence-corrected chi connectivity index (χ4v) is 3.90. The van der Waals surface area contributed by atoms with E-state index in [1.807, 2.05) is 0 Å². The van der Waals surface area contributed by atoms with E-state index in [1.165, 1.54) is 39.0 Å². The maximum absolute atomic E-state index is 2.77. The van der Waals surface area contributed by atoms with E-state index in [9.17, 15) is 0 Å². The van der Waals surface area contributed by atoms with Gasteiger partial charge in [0.2, 0.25) is 0 Å². The summed E-state index contributed by atoms with van der Waals surface area (Å²) in [4.78, 5) is 5.37. The van der Waals surface area contributed by atoms with E-state index in [1.54, 1.807) is 0 Å². The second kappa shape index (κ2) is 5.73. The molecule has 2 heterocycles. The molecule has 2 rings (SSSR count). The van der Waals surface area contributed by atoms with Crippen molar-refractivity contribution in [1.29, 1.82) is 0 Å². The van der Waals surface area contributed by atoms with E-state index in [0.717, 1.165) is 23.9 Å². The van der Waals surface area contributed by atoms with Crippen molar-refractivity contribution in [3.8, 4) is 0 Å². The molecule has 2 aliphatic heterocycles. The van der Waals surface area contributed by atoms with Crippen LogP contribution in [0.25, 0.3) is 0 Å². The lowest BCUT2D eigenvalue weighted by Crippen LogP contribution is -2.64. The standard InChI is InChI=1S/C17H34N2/c1-13(2)9-15-7-8-18(12-17(15,5)6)16-10-19(11-16)14(3)4/h13-16H,7-12H2,1-6H3. The molecular formula is C17H34N2. The van der Waals surface area contributed by atoms with Crippen molar-refractivity contribution in [2.45, 2.75) is 66.5 Å². The number of nitrogens with zero attached hydrogens (tertiary/aromatic N) is 2.